The van der Waals surface area contributed by atoms with E-state index in [0.29, 0.717) is 26.6 Å². The van der Waals surface area contributed by atoms with Crippen LogP contribution >= 0.6 is 11.3 Å². The van der Waals surface area contributed by atoms with E-state index >= 15 is 0 Å². The highest BCUT2D eigenvalue weighted by molar-refractivity contribution is 7.89. The molecule has 1 aliphatic carbocycles. The number of methoxy groups -OCH3 is 1. The molecule has 1 fully saturated rings. The van der Waals surface area contributed by atoms with Crippen molar-refractivity contribution in [1.82, 2.24) is 4.31 Å². The average molecular weight is 529 g/mol. The third-order valence-electron chi connectivity index (χ3n) is 6.64. The lowest BCUT2D eigenvalue weighted by Crippen LogP contribution is -2.46. The average Bonchev–Trinajstić information content (AvgIpc) is 3.25. The molecule has 3 aromatic rings. The maximum atomic E-state index is 13.9. The van der Waals surface area contributed by atoms with E-state index in [0.717, 1.165) is 47.8 Å². The van der Waals surface area contributed by atoms with Gasteiger partial charge in [0.1, 0.15) is 4.88 Å². The van der Waals surface area contributed by atoms with E-state index < -0.39 is 21.9 Å². The van der Waals surface area contributed by atoms with Gasteiger partial charge < -0.3 is 10.1 Å². The van der Waals surface area contributed by atoms with Crippen LogP contribution in [0.2, 0.25) is 0 Å². The van der Waals surface area contributed by atoms with Crippen LogP contribution in [0, 0.1) is 20.8 Å². The number of hydrogen-bond acceptors (Lipinski definition) is 6. The van der Waals surface area contributed by atoms with Crippen molar-refractivity contribution in [3.63, 3.8) is 0 Å². The Morgan fingerprint density at radius 2 is 1.69 bits per heavy atom. The minimum atomic E-state index is -3.89. The van der Waals surface area contributed by atoms with Crippen LogP contribution in [0.15, 0.2) is 41.3 Å². The van der Waals surface area contributed by atoms with Gasteiger partial charge in [-0.05, 0) is 74.4 Å². The molecule has 0 spiro atoms. The molecule has 0 atom stereocenters. The minimum Gasteiger partial charge on any atom is -0.465 e. The summed E-state index contributed by atoms with van der Waals surface area (Å²) in [7, 11) is -2.55. The second-order valence-corrected chi connectivity index (χ2v) is 12.4. The summed E-state index contributed by atoms with van der Waals surface area (Å²) in [5, 5.41) is 3.67. The van der Waals surface area contributed by atoms with Crippen molar-refractivity contribution >= 4 is 49.0 Å². The molecule has 1 aromatic heterocycles. The van der Waals surface area contributed by atoms with Crippen LogP contribution in [0.3, 0.4) is 0 Å². The number of amides is 1. The lowest BCUT2D eigenvalue weighted by molar-refractivity contribution is -0.116. The summed E-state index contributed by atoms with van der Waals surface area (Å²) >= 11 is 1.32. The summed E-state index contributed by atoms with van der Waals surface area (Å²) < 4.78 is 35.0. The SMILES string of the molecule is COC(=O)c1cc2cc(NC(=O)CN(C3CCCCC3)S(=O)(=O)c3c(C)cc(C)cc3C)ccc2s1. The molecule has 1 saturated carbocycles. The predicted molar refractivity (Wildman–Crippen MR) is 143 cm³/mol. The van der Waals surface area contributed by atoms with E-state index in [9.17, 15) is 18.0 Å². The molecule has 0 aliphatic heterocycles. The van der Waals surface area contributed by atoms with Crippen molar-refractivity contribution in [1.29, 1.82) is 0 Å². The fourth-order valence-electron chi connectivity index (χ4n) is 5.13. The lowest BCUT2D eigenvalue weighted by Gasteiger charge is -2.33. The number of fused-ring (bicyclic) bond motifs is 1. The van der Waals surface area contributed by atoms with E-state index in [1.54, 1.807) is 18.2 Å². The zero-order chi connectivity index (χ0) is 26.0. The van der Waals surface area contributed by atoms with E-state index in [2.05, 4.69) is 5.32 Å². The highest BCUT2D eigenvalue weighted by Gasteiger charge is 2.35. The molecule has 36 heavy (non-hydrogen) atoms. The van der Waals surface area contributed by atoms with Gasteiger partial charge in [0.15, 0.2) is 0 Å². The number of rotatable bonds is 7. The van der Waals surface area contributed by atoms with Gasteiger partial charge in [-0.25, -0.2) is 13.2 Å². The maximum absolute atomic E-state index is 13.9. The Morgan fingerprint density at radius 1 is 1.03 bits per heavy atom. The molecule has 0 unspecified atom stereocenters. The molecule has 2 aromatic carbocycles. The van der Waals surface area contributed by atoms with Gasteiger partial charge in [-0.1, -0.05) is 37.0 Å². The molecule has 0 radical (unpaired) electrons. The number of nitrogens with one attached hydrogen (secondary N) is 1. The first kappa shape index (κ1) is 26.3. The molecule has 0 bridgehead atoms. The number of carbonyl (C=O) groups is 2. The fourth-order valence-corrected chi connectivity index (χ4v) is 8.15. The first-order valence-electron chi connectivity index (χ1n) is 12.1. The van der Waals surface area contributed by atoms with Gasteiger partial charge in [-0.15, -0.1) is 11.3 Å². The van der Waals surface area contributed by atoms with Crippen LogP contribution in [0.4, 0.5) is 5.69 Å². The Labute approximate surface area is 216 Å². The van der Waals surface area contributed by atoms with E-state index in [1.165, 1.54) is 22.8 Å². The number of aryl methyl sites for hydroxylation is 3. The summed E-state index contributed by atoms with van der Waals surface area (Å²) in [6.07, 6.45) is 4.46. The smallest absolute Gasteiger partial charge is 0.348 e. The van der Waals surface area contributed by atoms with Crippen LogP contribution in [-0.4, -0.2) is 44.3 Å². The van der Waals surface area contributed by atoms with Gasteiger partial charge in [0, 0.05) is 16.4 Å². The number of nitrogens with zero attached hydrogens (tertiary/aromatic N) is 1. The van der Waals surface area contributed by atoms with E-state index in [4.69, 9.17) is 4.74 Å². The van der Waals surface area contributed by atoms with Gasteiger partial charge >= 0.3 is 5.97 Å². The highest BCUT2D eigenvalue weighted by atomic mass is 32.2. The molecule has 1 aliphatic rings. The van der Waals surface area contributed by atoms with Gasteiger partial charge in [0.25, 0.3) is 0 Å². The monoisotopic (exact) mass is 528 g/mol. The fraction of sp³-hybridized carbons (Fsp3) is 0.407. The second kappa shape index (κ2) is 10.7. The number of benzene rings is 2. The Balaban J connectivity index is 1.61. The van der Waals surface area contributed by atoms with Crippen molar-refractivity contribution in [2.24, 2.45) is 0 Å². The standard InChI is InChI=1S/C27H32N2O5S2/c1-17-12-18(2)26(19(3)13-17)36(32,33)29(22-8-6-5-7-9-22)16-25(30)28-21-10-11-23-20(14-21)15-24(35-23)27(31)34-4/h10-15,22H,5-9,16H2,1-4H3,(H,28,30). The maximum Gasteiger partial charge on any atom is 0.348 e. The number of hydrogen-bond donors (Lipinski definition) is 1. The summed E-state index contributed by atoms with van der Waals surface area (Å²) in [6.45, 7) is 5.31. The van der Waals surface area contributed by atoms with E-state index in [-0.39, 0.29) is 12.6 Å². The van der Waals surface area contributed by atoms with Crippen LogP contribution in [0.25, 0.3) is 10.1 Å². The van der Waals surface area contributed by atoms with Crippen molar-refractivity contribution in [2.45, 2.75) is 63.8 Å². The normalized spacial score (nSPS) is 14.8. The van der Waals surface area contributed by atoms with Gasteiger partial charge in [0.2, 0.25) is 15.9 Å². The zero-order valence-electron chi connectivity index (χ0n) is 21.1. The summed E-state index contributed by atoms with van der Waals surface area (Å²) in [5.74, 6) is -0.800. The van der Waals surface area contributed by atoms with Gasteiger partial charge in [0.05, 0.1) is 18.6 Å². The third kappa shape index (κ3) is 5.48. The van der Waals surface area contributed by atoms with Crippen LogP contribution in [0.5, 0.6) is 0 Å². The summed E-state index contributed by atoms with van der Waals surface area (Å²) in [4.78, 5) is 25.8. The Kier molecular flexibility index (Phi) is 7.82. The summed E-state index contributed by atoms with van der Waals surface area (Å²) in [5.41, 5.74) is 2.94. The van der Waals surface area contributed by atoms with Gasteiger partial charge in [-0.2, -0.15) is 4.31 Å². The van der Waals surface area contributed by atoms with Crippen molar-refractivity contribution in [3.8, 4) is 0 Å². The van der Waals surface area contributed by atoms with Gasteiger partial charge in [-0.3, -0.25) is 4.79 Å². The molecular weight excluding hydrogens is 496 g/mol. The second-order valence-electron chi connectivity index (χ2n) is 9.47. The zero-order valence-corrected chi connectivity index (χ0v) is 22.7. The van der Waals surface area contributed by atoms with Crippen molar-refractivity contribution in [3.05, 3.63) is 58.0 Å². The topological polar surface area (TPSA) is 92.8 Å². The molecule has 9 heteroatoms. The molecule has 192 valence electrons. The summed E-state index contributed by atoms with van der Waals surface area (Å²) in [6, 6.07) is 10.6. The molecule has 0 saturated heterocycles. The largest absolute Gasteiger partial charge is 0.465 e. The molecular formula is C27H32N2O5S2. The van der Waals surface area contributed by atoms with Crippen molar-refractivity contribution < 1.29 is 22.7 Å². The number of carbonyl (C=O) groups excluding carboxylic acids is 2. The molecule has 7 nitrogen and oxygen atoms in total. The van der Waals surface area contributed by atoms with Crippen LogP contribution < -0.4 is 5.32 Å². The Morgan fingerprint density at radius 3 is 2.33 bits per heavy atom. The number of anilines is 1. The molecule has 4 rings (SSSR count). The Hall–Kier alpha value is -2.75. The van der Waals surface area contributed by atoms with Crippen molar-refractivity contribution in [2.75, 3.05) is 19.0 Å². The number of sulfonamides is 1. The molecule has 1 heterocycles. The number of ether oxygens (including phenoxy) is 1. The number of thiophene rings is 1. The predicted octanol–water partition coefficient (Wildman–Crippen LogP) is 5.58. The minimum absolute atomic E-state index is 0.212. The quantitative estimate of drug-likeness (QED) is 0.405. The molecule has 1 amide bonds. The van der Waals surface area contributed by atoms with Crippen LogP contribution in [0.1, 0.15) is 58.5 Å². The number of esters is 1. The lowest BCUT2D eigenvalue weighted by atomic mass is 9.95. The molecule has 1 N–H and O–H groups in total. The first-order chi connectivity index (χ1) is 17.1. The van der Waals surface area contributed by atoms with E-state index in [1.807, 2.05) is 39.0 Å². The first-order valence-corrected chi connectivity index (χ1v) is 14.4. The third-order valence-corrected chi connectivity index (χ3v) is 9.94. The highest BCUT2D eigenvalue weighted by Crippen LogP contribution is 2.32. The van der Waals surface area contributed by atoms with Crippen LogP contribution in [-0.2, 0) is 19.6 Å². The Bertz CT molecular complexity index is 1380.